The molecular weight excluding hydrogens is 243 g/mol. The molecule has 76 valence electrons. The summed E-state index contributed by atoms with van der Waals surface area (Å²) in [5.41, 5.74) is 0. The van der Waals surface area contributed by atoms with Crippen LogP contribution >= 0.6 is 11.6 Å². The summed E-state index contributed by atoms with van der Waals surface area (Å²) in [4.78, 5) is 10.7. The Bertz CT molecular complexity index is 318. The zero-order valence-corrected chi connectivity index (χ0v) is 12.6. The van der Waals surface area contributed by atoms with Gasteiger partial charge in [0.2, 0.25) is 5.06 Å². The SMILES string of the molecule is CCC(Cl)(Oc1ccccc1)C(=O)[O-].[K+]. The number of ether oxygens (including phenoxy) is 1. The van der Waals surface area contributed by atoms with E-state index < -0.39 is 11.0 Å². The Kier molecular flexibility index (Phi) is 7.07. The Morgan fingerprint density at radius 3 is 2.40 bits per heavy atom. The van der Waals surface area contributed by atoms with E-state index in [1.54, 1.807) is 37.3 Å². The van der Waals surface area contributed by atoms with Crippen LogP contribution in [0, 0.1) is 0 Å². The second-order valence-electron chi connectivity index (χ2n) is 2.78. The molecule has 1 unspecified atom stereocenters. The van der Waals surface area contributed by atoms with Gasteiger partial charge in [-0.15, -0.1) is 0 Å². The van der Waals surface area contributed by atoms with Gasteiger partial charge in [0, 0.05) is 6.42 Å². The molecule has 0 radical (unpaired) electrons. The summed E-state index contributed by atoms with van der Waals surface area (Å²) in [6.07, 6.45) is 0.131. The summed E-state index contributed by atoms with van der Waals surface area (Å²) in [6.45, 7) is 1.62. The van der Waals surface area contributed by atoms with E-state index in [0.29, 0.717) is 5.75 Å². The van der Waals surface area contributed by atoms with Gasteiger partial charge >= 0.3 is 51.4 Å². The van der Waals surface area contributed by atoms with Crippen molar-refractivity contribution in [2.45, 2.75) is 18.4 Å². The molecule has 0 aliphatic heterocycles. The molecule has 0 aliphatic carbocycles. The van der Waals surface area contributed by atoms with Crippen molar-refractivity contribution in [1.82, 2.24) is 0 Å². The fourth-order valence-electron chi connectivity index (χ4n) is 0.934. The molecule has 0 N–H and O–H groups in total. The van der Waals surface area contributed by atoms with Crippen LogP contribution in [0.5, 0.6) is 5.75 Å². The number of hydrogen-bond donors (Lipinski definition) is 0. The number of hydrogen-bond acceptors (Lipinski definition) is 3. The molecule has 0 saturated heterocycles. The van der Waals surface area contributed by atoms with E-state index in [1.807, 2.05) is 0 Å². The molecule has 1 aromatic rings. The van der Waals surface area contributed by atoms with Crippen LogP contribution < -0.4 is 61.2 Å². The van der Waals surface area contributed by atoms with Gasteiger partial charge in [-0.3, -0.25) is 0 Å². The summed E-state index contributed by atoms with van der Waals surface area (Å²) >= 11 is 5.71. The van der Waals surface area contributed by atoms with Gasteiger partial charge in [-0.2, -0.15) is 0 Å². The average molecular weight is 253 g/mol. The van der Waals surface area contributed by atoms with Gasteiger partial charge in [0.05, 0.1) is 0 Å². The number of alkyl halides is 1. The van der Waals surface area contributed by atoms with Gasteiger partial charge in [-0.25, -0.2) is 0 Å². The van der Waals surface area contributed by atoms with E-state index >= 15 is 0 Å². The van der Waals surface area contributed by atoms with Crippen LogP contribution in [0.2, 0.25) is 0 Å². The molecular formula is C10H10ClKO3. The second-order valence-corrected chi connectivity index (χ2v) is 3.40. The number of carbonyl (C=O) groups is 1. The Hall–Kier alpha value is 0.416. The number of carboxylic acid groups (broad SMARTS) is 1. The third kappa shape index (κ3) is 4.42. The van der Waals surface area contributed by atoms with E-state index in [2.05, 4.69) is 0 Å². The molecule has 1 rings (SSSR count). The predicted molar refractivity (Wildman–Crippen MR) is 51.0 cm³/mol. The molecule has 0 spiro atoms. The summed E-state index contributed by atoms with van der Waals surface area (Å²) < 4.78 is 5.12. The van der Waals surface area contributed by atoms with Crippen molar-refractivity contribution in [3.8, 4) is 5.75 Å². The van der Waals surface area contributed by atoms with Crippen molar-refractivity contribution in [2.24, 2.45) is 0 Å². The summed E-state index contributed by atoms with van der Waals surface area (Å²) in [5.74, 6) is -1.01. The molecule has 0 bridgehead atoms. The fourth-order valence-corrected chi connectivity index (χ4v) is 1.02. The molecule has 0 aliphatic rings. The molecule has 15 heavy (non-hydrogen) atoms. The van der Waals surface area contributed by atoms with Crippen molar-refractivity contribution < 1.29 is 66.0 Å². The molecule has 5 heteroatoms. The van der Waals surface area contributed by atoms with Gasteiger partial charge in [0.25, 0.3) is 0 Å². The topological polar surface area (TPSA) is 49.4 Å². The smallest absolute Gasteiger partial charge is 0.544 e. The number of carbonyl (C=O) groups excluding carboxylic acids is 1. The van der Waals surface area contributed by atoms with Gasteiger partial charge in [0.1, 0.15) is 11.7 Å². The van der Waals surface area contributed by atoms with Crippen molar-refractivity contribution in [1.29, 1.82) is 0 Å². The Morgan fingerprint density at radius 1 is 1.47 bits per heavy atom. The number of carboxylic acids is 1. The first-order valence-corrected chi connectivity index (χ1v) is 4.60. The number of para-hydroxylation sites is 1. The van der Waals surface area contributed by atoms with Crippen LogP contribution in [0.1, 0.15) is 13.3 Å². The van der Waals surface area contributed by atoms with Crippen LogP contribution in [0.15, 0.2) is 30.3 Å². The van der Waals surface area contributed by atoms with Gasteiger partial charge in [-0.05, 0) is 12.1 Å². The van der Waals surface area contributed by atoms with Gasteiger partial charge < -0.3 is 14.6 Å². The van der Waals surface area contributed by atoms with Crippen molar-refractivity contribution >= 4 is 17.6 Å². The van der Waals surface area contributed by atoms with Crippen molar-refractivity contribution in [3.05, 3.63) is 30.3 Å². The monoisotopic (exact) mass is 252 g/mol. The Labute approximate surface area is 136 Å². The van der Waals surface area contributed by atoms with E-state index in [1.165, 1.54) is 0 Å². The van der Waals surface area contributed by atoms with Gasteiger partial charge in [-0.1, -0.05) is 36.7 Å². The third-order valence-corrected chi connectivity index (χ3v) is 2.28. The summed E-state index contributed by atoms with van der Waals surface area (Å²) in [7, 11) is 0. The molecule has 0 amide bonds. The molecule has 0 fully saturated rings. The van der Waals surface area contributed by atoms with E-state index in [0.717, 1.165) is 0 Å². The number of benzene rings is 1. The van der Waals surface area contributed by atoms with E-state index in [4.69, 9.17) is 16.3 Å². The zero-order chi connectivity index (χ0) is 10.6. The first-order chi connectivity index (χ1) is 6.58. The molecule has 0 heterocycles. The van der Waals surface area contributed by atoms with Crippen molar-refractivity contribution in [2.75, 3.05) is 0 Å². The third-order valence-electron chi connectivity index (χ3n) is 1.78. The largest absolute Gasteiger partial charge is 1.00 e. The standard InChI is InChI=1S/C10H11ClO3.K/c1-2-10(11,9(12)13)14-8-6-4-3-5-7-8;/h3-7H,2H2,1H3,(H,12,13);/q;+1/p-1. The van der Waals surface area contributed by atoms with Crippen LogP contribution in [0.4, 0.5) is 0 Å². The minimum atomic E-state index is -1.78. The normalized spacial score (nSPS) is 13.5. The van der Waals surface area contributed by atoms with Gasteiger partial charge in [0.15, 0.2) is 0 Å². The summed E-state index contributed by atoms with van der Waals surface area (Å²) in [6, 6.07) is 8.54. The number of aliphatic carboxylic acids is 1. The molecule has 1 atom stereocenters. The Morgan fingerprint density at radius 2 is 2.00 bits per heavy atom. The minimum absolute atomic E-state index is 0. The van der Waals surface area contributed by atoms with Crippen molar-refractivity contribution in [3.63, 3.8) is 0 Å². The maximum atomic E-state index is 10.7. The van der Waals surface area contributed by atoms with E-state index in [9.17, 15) is 9.90 Å². The van der Waals surface area contributed by atoms with Crippen LogP contribution in [0.25, 0.3) is 0 Å². The molecule has 1 aromatic carbocycles. The Balaban J connectivity index is 0.00000196. The van der Waals surface area contributed by atoms with Crippen LogP contribution in [-0.2, 0) is 4.79 Å². The van der Waals surface area contributed by atoms with E-state index in [-0.39, 0.29) is 57.8 Å². The maximum absolute atomic E-state index is 10.7. The quantitative estimate of drug-likeness (QED) is 0.468. The molecule has 3 nitrogen and oxygen atoms in total. The van der Waals surface area contributed by atoms with Crippen LogP contribution in [0.3, 0.4) is 0 Å². The molecule has 0 aromatic heterocycles. The zero-order valence-electron chi connectivity index (χ0n) is 8.70. The number of halogens is 1. The van der Waals surface area contributed by atoms with Crippen LogP contribution in [-0.4, -0.2) is 11.0 Å². The minimum Gasteiger partial charge on any atom is -0.544 e. The fraction of sp³-hybridized carbons (Fsp3) is 0.300. The number of rotatable bonds is 4. The average Bonchev–Trinajstić information content (AvgIpc) is 2.19. The predicted octanol–water partition coefficient (Wildman–Crippen LogP) is -1.84. The maximum Gasteiger partial charge on any atom is 1.00 e. The first kappa shape index (κ1) is 15.4. The molecule has 0 saturated carbocycles. The summed E-state index contributed by atoms with van der Waals surface area (Å²) in [5, 5.41) is 8.91. The first-order valence-electron chi connectivity index (χ1n) is 4.23. The second kappa shape index (κ2) is 6.88.